The van der Waals surface area contributed by atoms with Crippen molar-refractivity contribution in [2.45, 2.75) is 18.6 Å². The van der Waals surface area contributed by atoms with E-state index in [2.05, 4.69) is 15.3 Å². The molecule has 104 valence electrons. The highest BCUT2D eigenvalue weighted by atomic mass is 19.4. The first kappa shape index (κ1) is 13.4. The van der Waals surface area contributed by atoms with Gasteiger partial charge in [0.25, 0.3) is 0 Å². The molecule has 1 atom stereocenters. The molecule has 1 aliphatic heterocycles. The summed E-state index contributed by atoms with van der Waals surface area (Å²) in [7, 11) is 0. The Morgan fingerprint density at radius 2 is 2.21 bits per heavy atom. The lowest BCUT2D eigenvalue weighted by molar-refractivity contribution is -0.141. The predicted octanol–water partition coefficient (Wildman–Crippen LogP) is 1.34. The van der Waals surface area contributed by atoms with Crippen molar-refractivity contribution in [1.82, 2.24) is 15.3 Å². The summed E-state index contributed by atoms with van der Waals surface area (Å²) < 4.78 is 37.5. The molecule has 0 aromatic carbocycles. The van der Waals surface area contributed by atoms with Gasteiger partial charge < -0.3 is 15.3 Å². The second kappa shape index (κ2) is 4.90. The monoisotopic (exact) mass is 276 g/mol. The Morgan fingerprint density at radius 3 is 2.84 bits per heavy atom. The van der Waals surface area contributed by atoms with Gasteiger partial charge in [-0.1, -0.05) is 0 Å². The molecule has 1 aromatic rings. The molecule has 0 bridgehead atoms. The maximum Gasteiger partial charge on any atom is 0.434 e. The Balaban J connectivity index is 2.09. The van der Waals surface area contributed by atoms with Crippen LogP contribution < -0.4 is 10.2 Å². The normalized spacial score (nSPS) is 19.5. The first-order valence-electron chi connectivity index (χ1n) is 5.50. The van der Waals surface area contributed by atoms with Gasteiger partial charge in [-0.05, 0) is 6.42 Å². The van der Waals surface area contributed by atoms with Crippen molar-refractivity contribution >= 4 is 11.9 Å². The SMILES string of the molecule is O=C(O)N[C@@H]1CCN(c2cncc(C(F)(F)F)n2)C1. The van der Waals surface area contributed by atoms with Crippen LogP contribution in [0.5, 0.6) is 0 Å². The number of carbonyl (C=O) groups is 1. The van der Waals surface area contributed by atoms with Crippen molar-refractivity contribution in [2.24, 2.45) is 0 Å². The van der Waals surface area contributed by atoms with Crippen molar-refractivity contribution in [1.29, 1.82) is 0 Å². The fourth-order valence-corrected chi connectivity index (χ4v) is 1.91. The van der Waals surface area contributed by atoms with E-state index in [4.69, 9.17) is 5.11 Å². The van der Waals surface area contributed by atoms with Crippen LogP contribution >= 0.6 is 0 Å². The van der Waals surface area contributed by atoms with Crippen molar-refractivity contribution in [3.05, 3.63) is 18.1 Å². The zero-order valence-corrected chi connectivity index (χ0v) is 9.68. The minimum atomic E-state index is -4.54. The summed E-state index contributed by atoms with van der Waals surface area (Å²) in [5, 5.41) is 10.9. The van der Waals surface area contributed by atoms with Crippen molar-refractivity contribution in [2.75, 3.05) is 18.0 Å². The van der Waals surface area contributed by atoms with E-state index < -0.39 is 18.0 Å². The number of carboxylic acid groups (broad SMARTS) is 1. The molecule has 1 amide bonds. The number of rotatable bonds is 2. The zero-order valence-electron chi connectivity index (χ0n) is 9.68. The molecule has 19 heavy (non-hydrogen) atoms. The van der Waals surface area contributed by atoms with Crippen LogP contribution in [0, 0.1) is 0 Å². The number of halogens is 3. The molecule has 2 heterocycles. The second-order valence-corrected chi connectivity index (χ2v) is 4.14. The van der Waals surface area contributed by atoms with Gasteiger partial charge in [0.1, 0.15) is 5.82 Å². The van der Waals surface area contributed by atoms with E-state index in [0.29, 0.717) is 19.2 Å². The molecule has 2 rings (SSSR count). The van der Waals surface area contributed by atoms with E-state index in [-0.39, 0.29) is 18.4 Å². The lowest BCUT2D eigenvalue weighted by atomic mass is 10.3. The molecule has 1 aliphatic rings. The van der Waals surface area contributed by atoms with Crippen LogP contribution in [0.25, 0.3) is 0 Å². The zero-order chi connectivity index (χ0) is 14.0. The van der Waals surface area contributed by atoms with Crippen LogP contribution in [0.2, 0.25) is 0 Å². The van der Waals surface area contributed by atoms with Gasteiger partial charge in [0.05, 0.1) is 18.4 Å². The van der Waals surface area contributed by atoms with Gasteiger partial charge in [-0.25, -0.2) is 9.78 Å². The van der Waals surface area contributed by atoms with Crippen LogP contribution in [0.4, 0.5) is 23.8 Å². The average Bonchev–Trinajstić information content (AvgIpc) is 2.76. The van der Waals surface area contributed by atoms with E-state index in [1.165, 1.54) is 6.20 Å². The van der Waals surface area contributed by atoms with E-state index in [0.717, 1.165) is 0 Å². The van der Waals surface area contributed by atoms with Gasteiger partial charge in [-0.3, -0.25) is 4.98 Å². The highest BCUT2D eigenvalue weighted by Crippen LogP contribution is 2.28. The number of hydrogen-bond acceptors (Lipinski definition) is 4. The first-order chi connectivity index (χ1) is 8.86. The van der Waals surface area contributed by atoms with Crippen molar-refractivity contribution < 1.29 is 23.1 Å². The number of anilines is 1. The molecule has 1 fully saturated rings. The van der Waals surface area contributed by atoms with Crippen molar-refractivity contribution in [3.63, 3.8) is 0 Å². The smallest absolute Gasteiger partial charge is 0.434 e. The van der Waals surface area contributed by atoms with Gasteiger partial charge in [0.15, 0.2) is 5.69 Å². The minimum Gasteiger partial charge on any atom is -0.465 e. The lowest BCUT2D eigenvalue weighted by Gasteiger charge is -2.18. The Kier molecular flexibility index (Phi) is 3.45. The highest BCUT2D eigenvalue weighted by Gasteiger charge is 2.34. The van der Waals surface area contributed by atoms with Crippen LogP contribution in [-0.2, 0) is 6.18 Å². The summed E-state index contributed by atoms with van der Waals surface area (Å²) in [6, 6.07) is -0.311. The molecule has 1 aromatic heterocycles. The number of hydrogen-bond donors (Lipinski definition) is 2. The third-order valence-electron chi connectivity index (χ3n) is 2.75. The molecule has 0 spiro atoms. The molecule has 9 heteroatoms. The second-order valence-electron chi connectivity index (χ2n) is 4.14. The standard InChI is InChI=1S/C10H11F3N4O2/c11-10(12,13)7-3-14-4-8(16-7)17-2-1-6(5-17)15-9(18)19/h3-4,6,15H,1-2,5H2,(H,18,19)/t6-/m1/s1. The van der Waals surface area contributed by atoms with Gasteiger partial charge in [-0.15, -0.1) is 0 Å². The molecule has 0 saturated carbocycles. The minimum absolute atomic E-state index is 0.101. The predicted molar refractivity (Wildman–Crippen MR) is 58.8 cm³/mol. The topological polar surface area (TPSA) is 78.4 Å². The number of amides is 1. The van der Waals surface area contributed by atoms with E-state index in [9.17, 15) is 18.0 Å². The van der Waals surface area contributed by atoms with Gasteiger partial charge in [-0.2, -0.15) is 13.2 Å². The molecular formula is C10H11F3N4O2. The maximum absolute atomic E-state index is 12.5. The van der Waals surface area contributed by atoms with Crippen LogP contribution in [0.1, 0.15) is 12.1 Å². The molecule has 0 unspecified atom stereocenters. The molecule has 0 aliphatic carbocycles. The Hall–Kier alpha value is -2.06. The summed E-state index contributed by atoms with van der Waals surface area (Å²) >= 11 is 0. The third kappa shape index (κ3) is 3.24. The van der Waals surface area contributed by atoms with E-state index >= 15 is 0 Å². The van der Waals surface area contributed by atoms with E-state index in [1.807, 2.05) is 0 Å². The van der Waals surface area contributed by atoms with Gasteiger partial charge in [0.2, 0.25) is 0 Å². The Morgan fingerprint density at radius 1 is 1.47 bits per heavy atom. The summed E-state index contributed by atoms with van der Waals surface area (Å²) in [6.07, 6.45) is -3.28. The number of nitrogens with one attached hydrogen (secondary N) is 1. The fourth-order valence-electron chi connectivity index (χ4n) is 1.91. The summed E-state index contributed by atoms with van der Waals surface area (Å²) in [5.41, 5.74) is -1.06. The fraction of sp³-hybridized carbons (Fsp3) is 0.500. The van der Waals surface area contributed by atoms with Gasteiger partial charge >= 0.3 is 12.3 Å². The molecular weight excluding hydrogens is 265 g/mol. The molecule has 0 radical (unpaired) electrons. The summed E-state index contributed by atoms with van der Waals surface area (Å²) in [4.78, 5) is 19.1. The molecule has 1 saturated heterocycles. The van der Waals surface area contributed by atoms with Gasteiger partial charge in [0, 0.05) is 13.1 Å². The van der Waals surface area contributed by atoms with Crippen molar-refractivity contribution in [3.8, 4) is 0 Å². The number of nitrogens with zero attached hydrogens (tertiary/aromatic N) is 3. The number of alkyl halides is 3. The average molecular weight is 276 g/mol. The first-order valence-corrected chi connectivity index (χ1v) is 5.50. The van der Waals surface area contributed by atoms with E-state index in [1.54, 1.807) is 4.90 Å². The number of aromatic nitrogens is 2. The van der Waals surface area contributed by atoms with Crippen LogP contribution in [0.15, 0.2) is 12.4 Å². The molecule has 6 nitrogen and oxygen atoms in total. The molecule has 2 N–H and O–H groups in total. The quantitative estimate of drug-likeness (QED) is 0.852. The van der Waals surface area contributed by atoms with Crippen LogP contribution in [-0.4, -0.2) is 40.3 Å². The Labute approximate surface area is 106 Å². The summed E-state index contributed by atoms with van der Waals surface area (Å²) in [6.45, 7) is 0.712. The third-order valence-corrected chi connectivity index (χ3v) is 2.75. The van der Waals surface area contributed by atoms with Crippen LogP contribution in [0.3, 0.4) is 0 Å². The maximum atomic E-state index is 12.5. The Bertz CT molecular complexity index is 480. The summed E-state index contributed by atoms with van der Waals surface area (Å²) in [5.74, 6) is 0.101. The lowest BCUT2D eigenvalue weighted by Crippen LogP contribution is -2.36. The largest absolute Gasteiger partial charge is 0.465 e. The highest BCUT2D eigenvalue weighted by molar-refractivity contribution is 5.65.